The molecule has 0 aromatic heterocycles. The molecule has 1 unspecified atom stereocenters. The maximum absolute atomic E-state index is 13.2. The number of rotatable bonds is 5. The summed E-state index contributed by atoms with van der Waals surface area (Å²) in [5.74, 6) is -0.178. The van der Waals surface area contributed by atoms with Crippen LogP contribution in [0.3, 0.4) is 0 Å². The van der Waals surface area contributed by atoms with Crippen molar-refractivity contribution < 1.29 is 4.39 Å². The van der Waals surface area contributed by atoms with Crippen molar-refractivity contribution in [3.8, 4) is 0 Å². The minimum Gasteiger partial charge on any atom is -0.316 e. The first kappa shape index (κ1) is 15.0. The molecule has 1 fully saturated rings. The van der Waals surface area contributed by atoms with Gasteiger partial charge >= 0.3 is 0 Å². The largest absolute Gasteiger partial charge is 0.316 e. The molecule has 2 rings (SSSR count). The summed E-state index contributed by atoms with van der Waals surface area (Å²) in [6.45, 7) is 2.30. The van der Waals surface area contributed by atoms with Crippen molar-refractivity contribution in [2.45, 2.75) is 51.5 Å². The average molecular weight is 328 g/mol. The summed E-state index contributed by atoms with van der Waals surface area (Å²) in [4.78, 5) is 0. The lowest BCUT2D eigenvalue weighted by Gasteiger charge is -2.37. The summed E-state index contributed by atoms with van der Waals surface area (Å²) in [5.41, 5.74) is 1.61. The molecular weight excluding hydrogens is 305 g/mol. The molecule has 19 heavy (non-hydrogen) atoms. The smallest absolute Gasteiger partial charge is 0.124 e. The molecular formula is C16H23BrFN. The van der Waals surface area contributed by atoms with Crippen molar-refractivity contribution >= 4 is 15.9 Å². The lowest BCUT2D eigenvalue weighted by Crippen LogP contribution is -2.43. The molecule has 1 atom stereocenters. The summed E-state index contributed by atoms with van der Waals surface area (Å²) in [7, 11) is 2.05. The molecule has 0 amide bonds. The highest BCUT2D eigenvalue weighted by Gasteiger charge is 2.38. The molecule has 1 aliphatic rings. The molecule has 0 saturated heterocycles. The fourth-order valence-electron chi connectivity index (χ4n) is 3.56. The van der Waals surface area contributed by atoms with Gasteiger partial charge in [-0.05, 0) is 55.8 Å². The van der Waals surface area contributed by atoms with E-state index in [0.29, 0.717) is 11.5 Å². The molecule has 1 aliphatic carbocycles. The average Bonchev–Trinajstić information content (AvgIpc) is 2.88. The molecule has 1 saturated carbocycles. The first-order valence-electron chi connectivity index (χ1n) is 7.22. The zero-order valence-corrected chi connectivity index (χ0v) is 13.4. The van der Waals surface area contributed by atoms with Crippen molar-refractivity contribution in [1.29, 1.82) is 0 Å². The summed E-state index contributed by atoms with van der Waals surface area (Å²) in [5, 5.41) is 3.51. The van der Waals surface area contributed by atoms with Gasteiger partial charge < -0.3 is 5.32 Å². The highest BCUT2D eigenvalue weighted by Crippen LogP contribution is 2.45. The lowest BCUT2D eigenvalue weighted by molar-refractivity contribution is 0.192. The van der Waals surface area contributed by atoms with E-state index in [1.54, 1.807) is 12.1 Å². The van der Waals surface area contributed by atoms with Gasteiger partial charge in [0.05, 0.1) is 0 Å². The van der Waals surface area contributed by atoms with Crippen LogP contribution in [0.15, 0.2) is 22.7 Å². The van der Waals surface area contributed by atoms with E-state index in [2.05, 4.69) is 35.2 Å². The van der Waals surface area contributed by atoms with Crippen LogP contribution in [0.25, 0.3) is 0 Å². The molecule has 3 heteroatoms. The van der Waals surface area contributed by atoms with Crippen LogP contribution in [0, 0.1) is 11.2 Å². The Kier molecular flexibility index (Phi) is 5.02. The molecule has 0 bridgehead atoms. The Balaban J connectivity index is 2.18. The maximum atomic E-state index is 13.2. The van der Waals surface area contributed by atoms with Crippen LogP contribution in [0.2, 0.25) is 0 Å². The normalized spacial score (nSPS) is 19.6. The minimum atomic E-state index is -0.178. The van der Waals surface area contributed by atoms with Crippen LogP contribution >= 0.6 is 15.9 Å². The number of benzene rings is 1. The second-order valence-electron chi connectivity index (χ2n) is 5.70. The van der Waals surface area contributed by atoms with Crippen molar-refractivity contribution in [1.82, 2.24) is 5.32 Å². The van der Waals surface area contributed by atoms with Crippen LogP contribution in [0.5, 0.6) is 0 Å². The van der Waals surface area contributed by atoms with Gasteiger partial charge in [-0.2, -0.15) is 0 Å². The van der Waals surface area contributed by atoms with Crippen molar-refractivity contribution in [2.75, 3.05) is 7.05 Å². The van der Waals surface area contributed by atoms with E-state index in [9.17, 15) is 4.39 Å². The Labute approximate surface area is 124 Å². The van der Waals surface area contributed by atoms with E-state index < -0.39 is 0 Å². The van der Waals surface area contributed by atoms with Crippen molar-refractivity contribution in [3.05, 3.63) is 34.1 Å². The predicted octanol–water partition coefficient (Wildman–Crippen LogP) is 4.69. The Hall–Kier alpha value is -0.410. The quantitative estimate of drug-likeness (QED) is 0.827. The molecule has 1 aromatic carbocycles. The van der Waals surface area contributed by atoms with Crippen molar-refractivity contribution in [2.24, 2.45) is 5.41 Å². The molecule has 0 aliphatic heterocycles. The highest BCUT2D eigenvalue weighted by atomic mass is 79.9. The fourth-order valence-corrected chi connectivity index (χ4v) is 4.07. The fraction of sp³-hybridized carbons (Fsp3) is 0.625. The third kappa shape index (κ3) is 3.19. The predicted molar refractivity (Wildman–Crippen MR) is 81.8 cm³/mol. The monoisotopic (exact) mass is 327 g/mol. The zero-order valence-electron chi connectivity index (χ0n) is 11.8. The van der Waals surface area contributed by atoms with Gasteiger partial charge in [0.2, 0.25) is 0 Å². The number of nitrogens with one attached hydrogen (secondary N) is 1. The van der Waals surface area contributed by atoms with Crippen LogP contribution < -0.4 is 5.32 Å². The van der Waals surface area contributed by atoms with Crippen molar-refractivity contribution in [3.63, 3.8) is 0 Å². The topological polar surface area (TPSA) is 12.0 Å². The Morgan fingerprint density at radius 3 is 2.58 bits per heavy atom. The number of hydrogen-bond donors (Lipinski definition) is 1. The number of likely N-dealkylation sites (N-methyl/N-ethyl adjacent to an activating group) is 1. The van der Waals surface area contributed by atoms with Crippen LogP contribution in [0.4, 0.5) is 4.39 Å². The highest BCUT2D eigenvalue weighted by molar-refractivity contribution is 9.10. The van der Waals surface area contributed by atoms with Gasteiger partial charge in [0.1, 0.15) is 5.82 Å². The number of hydrogen-bond acceptors (Lipinski definition) is 1. The van der Waals surface area contributed by atoms with Gasteiger partial charge in [-0.15, -0.1) is 0 Å². The van der Waals surface area contributed by atoms with E-state index in [-0.39, 0.29) is 5.82 Å². The Morgan fingerprint density at radius 2 is 2.05 bits per heavy atom. The van der Waals surface area contributed by atoms with E-state index in [1.165, 1.54) is 37.7 Å². The summed E-state index contributed by atoms with van der Waals surface area (Å²) in [6.07, 6.45) is 7.50. The molecule has 1 nitrogen and oxygen atoms in total. The SMILES string of the molecule is CCC1(C(Cc2ccc(F)cc2Br)NC)CCCC1. The van der Waals surface area contributed by atoms with E-state index in [4.69, 9.17) is 0 Å². The van der Waals surface area contributed by atoms with Gasteiger partial charge in [-0.3, -0.25) is 0 Å². The van der Waals surface area contributed by atoms with E-state index in [1.807, 2.05) is 6.07 Å². The van der Waals surface area contributed by atoms with Crippen LogP contribution in [0.1, 0.15) is 44.6 Å². The van der Waals surface area contributed by atoms with Gasteiger partial charge in [0.15, 0.2) is 0 Å². The molecule has 0 spiro atoms. The molecule has 0 radical (unpaired) electrons. The summed E-state index contributed by atoms with van der Waals surface area (Å²) >= 11 is 3.49. The molecule has 0 heterocycles. The van der Waals surface area contributed by atoms with Crippen LogP contribution in [-0.4, -0.2) is 13.1 Å². The summed E-state index contributed by atoms with van der Waals surface area (Å²) in [6, 6.07) is 5.50. The third-order valence-corrected chi connectivity index (χ3v) is 5.57. The zero-order chi connectivity index (χ0) is 13.9. The Bertz CT molecular complexity index is 427. The Morgan fingerprint density at radius 1 is 1.37 bits per heavy atom. The molecule has 1 N–H and O–H groups in total. The first-order chi connectivity index (χ1) is 9.11. The van der Waals surface area contributed by atoms with Gasteiger partial charge in [0, 0.05) is 10.5 Å². The standard InChI is InChI=1S/C16H23BrFN/c1-3-16(8-4-5-9-16)15(19-2)10-12-6-7-13(18)11-14(12)17/h6-7,11,15,19H,3-5,8-10H2,1-2H3. The van der Waals surface area contributed by atoms with Gasteiger partial charge in [0.25, 0.3) is 0 Å². The summed E-state index contributed by atoms with van der Waals surface area (Å²) < 4.78 is 14.0. The molecule has 106 valence electrons. The third-order valence-electron chi connectivity index (χ3n) is 4.83. The van der Waals surface area contributed by atoms with Gasteiger partial charge in [-0.25, -0.2) is 4.39 Å². The maximum Gasteiger partial charge on any atom is 0.124 e. The lowest BCUT2D eigenvalue weighted by atomic mass is 9.74. The number of halogens is 2. The first-order valence-corrected chi connectivity index (χ1v) is 8.02. The van der Waals surface area contributed by atoms with Crippen LogP contribution in [-0.2, 0) is 6.42 Å². The van der Waals surface area contributed by atoms with E-state index >= 15 is 0 Å². The minimum absolute atomic E-state index is 0.178. The molecule has 1 aromatic rings. The second kappa shape index (κ2) is 6.36. The van der Waals surface area contributed by atoms with E-state index in [0.717, 1.165) is 10.9 Å². The second-order valence-corrected chi connectivity index (χ2v) is 6.56. The van der Waals surface area contributed by atoms with Gasteiger partial charge in [-0.1, -0.05) is 41.8 Å².